The van der Waals surface area contributed by atoms with Crippen LogP contribution in [0.4, 0.5) is 5.69 Å². The van der Waals surface area contributed by atoms with Crippen LogP contribution in [0.15, 0.2) is 69.0 Å². The minimum absolute atomic E-state index is 0.0656. The van der Waals surface area contributed by atoms with Gasteiger partial charge in [-0.15, -0.1) is 0 Å². The summed E-state index contributed by atoms with van der Waals surface area (Å²) in [4.78, 5) is 16.6. The van der Waals surface area contributed by atoms with Crippen LogP contribution in [-0.4, -0.2) is 6.21 Å². The maximum atomic E-state index is 12.3. The van der Waals surface area contributed by atoms with Crippen molar-refractivity contribution >= 4 is 22.9 Å². The highest BCUT2D eigenvalue weighted by Gasteiger charge is 2.04. The Hall–Kier alpha value is -2.68. The fraction of sp³-hybridized carbons (Fsp3) is 0.0588. The smallest absolute Gasteiger partial charge is 0.201 e. The van der Waals surface area contributed by atoms with Crippen LogP contribution < -0.4 is 5.43 Å². The first kappa shape index (κ1) is 12.4. The van der Waals surface area contributed by atoms with Crippen LogP contribution >= 0.6 is 0 Å². The number of para-hydroxylation sites is 2. The van der Waals surface area contributed by atoms with E-state index in [-0.39, 0.29) is 5.43 Å². The van der Waals surface area contributed by atoms with E-state index in [0.717, 1.165) is 11.3 Å². The number of fused-ring (bicyclic) bond motifs is 1. The lowest BCUT2D eigenvalue weighted by Crippen LogP contribution is -2.07. The van der Waals surface area contributed by atoms with Crippen LogP contribution in [-0.2, 0) is 0 Å². The molecule has 0 fully saturated rings. The van der Waals surface area contributed by atoms with Crippen LogP contribution in [0.25, 0.3) is 11.0 Å². The SMILES string of the molecule is Cc1ccccc1N=Cc1coc2ccccc2c1=O. The Labute approximate surface area is 116 Å². The van der Waals surface area contributed by atoms with Crippen LogP contribution in [0, 0.1) is 6.92 Å². The molecular weight excluding hydrogens is 250 g/mol. The highest BCUT2D eigenvalue weighted by molar-refractivity contribution is 5.87. The third kappa shape index (κ3) is 2.26. The van der Waals surface area contributed by atoms with Gasteiger partial charge in [0.1, 0.15) is 11.8 Å². The van der Waals surface area contributed by atoms with Crippen molar-refractivity contribution in [3.63, 3.8) is 0 Å². The zero-order chi connectivity index (χ0) is 13.9. The maximum absolute atomic E-state index is 12.3. The summed E-state index contributed by atoms with van der Waals surface area (Å²) < 4.78 is 5.45. The lowest BCUT2D eigenvalue weighted by molar-refractivity contribution is 0.601. The molecule has 0 saturated heterocycles. The van der Waals surface area contributed by atoms with Gasteiger partial charge in [-0.05, 0) is 30.7 Å². The molecule has 3 nitrogen and oxygen atoms in total. The summed E-state index contributed by atoms with van der Waals surface area (Å²) in [6, 6.07) is 15.0. The van der Waals surface area contributed by atoms with Crippen molar-refractivity contribution in [2.24, 2.45) is 4.99 Å². The predicted octanol–water partition coefficient (Wildman–Crippen LogP) is 3.85. The summed E-state index contributed by atoms with van der Waals surface area (Å²) in [7, 11) is 0. The van der Waals surface area contributed by atoms with E-state index >= 15 is 0 Å². The molecule has 2 aromatic carbocycles. The van der Waals surface area contributed by atoms with Crippen molar-refractivity contribution in [1.29, 1.82) is 0 Å². The van der Waals surface area contributed by atoms with Gasteiger partial charge in [0.15, 0.2) is 0 Å². The molecule has 0 atom stereocenters. The van der Waals surface area contributed by atoms with E-state index in [0.29, 0.717) is 16.5 Å². The van der Waals surface area contributed by atoms with Gasteiger partial charge in [-0.1, -0.05) is 30.3 Å². The van der Waals surface area contributed by atoms with E-state index in [1.54, 1.807) is 18.3 Å². The van der Waals surface area contributed by atoms with Crippen molar-refractivity contribution < 1.29 is 4.42 Å². The Morgan fingerprint density at radius 2 is 1.80 bits per heavy atom. The molecule has 0 saturated carbocycles. The van der Waals surface area contributed by atoms with Gasteiger partial charge in [0.25, 0.3) is 0 Å². The molecule has 3 aromatic rings. The highest BCUT2D eigenvalue weighted by Crippen LogP contribution is 2.17. The van der Waals surface area contributed by atoms with Gasteiger partial charge in [0.05, 0.1) is 16.6 Å². The van der Waals surface area contributed by atoms with Gasteiger partial charge < -0.3 is 4.42 Å². The Bertz CT molecular complexity index is 847. The Balaban J connectivity index is 2.06. The quantitative estimate of drug-likeness (QED) is 0.659. The van der Waals surface area contributed by atoms with Gasteiger partial charge in [0, 0.05) is 6.21 Å². The van der Waals surface area contributed by atoms with Gasteiger partial charge >= 0.3 is 0 Å². The average molecular weight is 263 g/mol. The molecule has 0 N–H and O–H groups in total. The molecule has 0 aliphatic carbocycles. The first-order valence-corrected chi connectivity index (χ1v) is 6.36. The van der Waals surface area contributed by atoms with Gasteiger partial charge in [-0.25, -0.2) is 0 Å². The van der Waals surface area contributed by atoms with Crippen LogP contribution in [0.2, 0.25) is 0 Å². The maximum Gasteiger partial charge on any atom is 0.201 e. The summed E-state index contributed by atoms with van der Waals surface area (Å²) in [5.74, 6) is 0. The fourth-order valence-corrected chi connectivity index (χ4v) is 2.03. The molecule has 0 amide bonds. The summed E-state index contributed by atoms with van der Waals surface area (Å²) in [6.45, 7) is 1.98. The third-order valence-corrected chi connectivity index (χ3v) is 3.16. The number of aryl methyl sites for hydroxylation is 1. The van der Waals surface area contributed by atoms with Crippen LogP contribution in [0.5, 0.6) is 0 Å². The van der Waals surface area contributed by atoms with Gasteiger partial charge in [-0.2, -0.15) is 0 Å². The number of hydrogen-bond acceptors (Lipinski definition) is 3. The van der Waals surface area contributed by atoms with E-state index in [2.05, 4.69) is 4.99 Å². The largest absolute Gasteiger partial charge is 0.463 e. The lowest BCUT2D eigenvalue weighted by atomic mass is 10.2. The zero-order valence-corrected chi connectivity index (χ0v) is 11.0. The second kappa shape index (κ2) is 5.13. The van der Waals surface area contributed by atoms with Crippen molar-refractivity contribution in [2.75, 3.05) is 0 Å². The molecule has 0 bridgehead atoms. The Kier molecular flexibility index (Phi) is 3.17. The highest BCUT2D eigenvalue weighted by atomic mass is 16.3. The summed E-state index contributed by atoms with van der Waals surface area (Å²) in [6.07, 6.45) is 3.01. The Morgan fingerprint density at radius 1 is 1.05 bits per heavy atom. The van der Waals surface area contributed by atoms with Gasteiger partial charge in [-0.3, -0.25) is 9.79 Å². The average Bonchev–Trinajstić information content (AvgIpc) is 2.48. The number of benzene rings is 2. The number of aliphatic imine (C=N–C) groups is 1. The fourth-order valence-electron chi connectivity index (χ4n) is 2.03. The molecule has 20 heavy (non-hydrogen) atoms. The number of nitrogens with zero attached hydrogens (tertiary/aromatic N) is 1. The standard InChI is InChI=1S/C17H13NO2/c1-12-6-2-4-8-15(12)18-10-13-11-20-16-9-5-3-7-14(16)17(13)19/h2-11H,1H3. The molecule has 0 spiro atoms. The Morgan fingerprint density at radius 3 is 2.65 bits per heavy atom. The summed E-state index contributed by atoms with van der Waals surface area (Å²) >= 11 is 0. The van der Waals surface area contributed by atoms with Crippen molar-refractivity contribution in [1.82, 2.24) is 0 Å². The van der Waals surface area contributed by atoms with Crippen molar-refractivity contribution in [3.05, 3.63) is 76.1 Å². The molecule has 1 heterocycles. The van der Waals surface area contributed by atoms with E-state index in [4.69, 9.17) is 4.42 Å². The molecule has 3 heteroatoms. The van der Waals surface area contributed by atoms with Crippen molar-refractivity contribution in [3.8, 4) is 0 Å². The zero-order valence-electron chi connectivity index (χ0n) is 11.0. The molecular formula is C17H13NO2. The molecule has 1 aromatic heterocycles. The first-order chi connectivity index (χ1) is 9.75. The normalized spacial score (nSPS) is 11.2. The second-order valence-electron chi connectivity index (χ2n) is 4.56. The van der Waals surface area contributed by atoms with Crippen LogP contribution in [0.3, 0.4) is 0 Å². The number of rotatable bonds is 2. The molecule has 0 aliphatic rings. The van der Waals surface area contributed by atoms with E-state index < -0.39 is 0 Å². The molecule has 98 valence electrons. The number of hydrogen-bond donors (Lipinski definition) is 0. The second-order valence-corrected chi connectivity index (χ2v) is 4.56. The summed E-state index contributed by atoms with van der Waals surface area (Å²) in [5, 5.41) is 0.571. The third-order valence-electron chi connectivity index (χ3n) is 3.16. The molecule has 0 radical (unpaired) electrons. The minimum atomic E-state index is -0.0656. The molecule has 0 aliphatic heterocycles. The van der Waals surface area contributed by atoms with Gasteiger partial charge in [0.2, 0.25) is 5.43 Å². The van der Waals surface area contributed by atoms with E-state index in [1.165, 1.54) is 6.26 Å². The minimum Gasteiger partial charge on any atom is -0.463 e. The molecule has 0 unspecified atom stereocenters. The first-order valence-electron chi connectivity index (χ1n) is 6.36. The lowest BCUT2D eigenvalue weighted by Gasteiger charge is -1.99. The van der Waals surface area contributed by atoms with E-state index in [1.807, 2.05) is 43.3 Å². The molecule has 3 rings (SSSR count). The van der Waals surface area contributed by atoms with E-state index in [9.17, 15) is 4.79 Å². The van der Waals surface area contributed by atoms with Crippen LogP contribution in [0.1, 0.15) is 11.1 Å². The topological polar surface area (TPSA) is 42.6 Å². The monoisotopic (exact) mass is 263 g/mol. The summed E-state index contributed by atoms with van der Waals surface area (Å²) in [5.41, 5.74) is 2.88. The predicted molar refractivity (Wildman–Crippen MR) is 80.9 cm³/mol. The van der Waals surface area contributed by atoms with Crippen molar-refractivity contribution in [2.45, 2.75) is 6.92 Å².